The maximum atomic E-state index is 13.7. The zero-order chi connectivity index (χ0) is 23.7. The van der Waals surface area contributed by atoms with E-state index in [4.69, 9.17) is 5.11 Å². The summed E-state index contributed by atoms with van der Waals surface area (Å²) in [7, 11) is 1.62. The molecule has 0 aromatic heterocycles. The van der Waals surface area contributed by atoms with Crippen LogP contribution in [0.1, 0.15) is 72.1 Å². The third kappa shape index (κ3) is 6.12. The number of carbonyl (C=O) groups excluding carboxylic acids is 3. The van der Waals surface area contributed by atoms with Crippen molar-refractivity contribution < 1.29 is 19.5 Å². The highest BCUT2D eigenvalue weighted by molar-refractivity contribution is 5.96. The molecule has 32 heavy (non-hydrogen) atoms. The van der Waals surface area contributed by atoms with Crippen molar-refractivity contribution in [3.8, 4) is 0 Å². The normalized spacial score (nSPS) is 27.8. The molecule has 0 aromatic carbocycles. The largest absolute Gasteiger partial charge is 0.396 e. The van der Waals surface area contributed by atoms with Gasteiger partial charge in [-0.3, -0.25) is 14.4 Å². The number of rotatable bonds is 13. The second kappa shape index (κ2) is 13.0. The molecule has 0 saturated carbocycles. The Labute approximate surface area is 193 Å². The highest BCUT2D eigenvalue weighted by Gasteiger charge is 2.56. The molecule has 1 fully saturated rings. The van der Waals surface area contributed by atoms with Crippen LogP contribution < -0.4 is 10.6 Å². The minimum absolute atomic E-state index is 0.0115. The van der Waals surface area contributed by atoms with Crippen LogP contribution in [0.5, 0.6) is 0 Å². The Morgan fingerprint density at radius 1 is 1.09 bits per heavy atom. The van der Waals surface area contributed by atoms with E-state index >= 15 is 0 Å². The molecule has 1 aliphatic heterocycles. The molecular weight excluding hydrogens is 406 g/mol. The standard InChI is InChI=1S/C25H43N3O4/c1-5-11-17(3)27-24(31)22-19-14-13-18(12-6-2)20(23(30)26-4)21(19)25(32)28(22)15-9-7-8-10-16-29/h13-14,17-22,29H,5-12,15-16H2,1-4H3,(H,26,30)(H,27,31)/t17?,18-,19+,20-,21+,22+/m1/s1. The van der Waals surface area contributed by atoms with Crippen molar-refractivity contribution in [3.63, 3.8) is 0 Å². The van der Waals surface area contributed by atoms with Crippen LogP contribution in [-0.4, -0.2) is 60.0 Å². The molecule has 182 valence electrons. The summed E-state index contributed by atoms with van der Waals surface area (Å²) < 4.78 is 0. The predicted molar refractivity (Wildman–Crippen MR) is 126 cm³/mol. The first-order valence-corrected chi connectivity index (χ1v) is 12.5. The van der Waals surface area contributed by atoms with E-state index in [0.717, 1.165) is 51.4 Å². The fourth-order valence-corrected chi connectivity index (χ4v) is 5.45. The third-order valence-corrected chi connectivity index (χ3v) is 6.97. The molecule has 0 spiro atoms. The summed E-state index contributed by atoms with van der Waals surface area (Å²) in [4.78, 5) is 41.6. The van der Waals surface area contributed by atoms with Gasteiger partial charge in [-0.05, 0) is 38.5 Å². The van der Waals surface area contributed by atoms with Gasteiger partial charge in [-0.1, -0.05) is 51.7 Å². The van der Waals surface area contributed by atoms with Gasteiger partial charge < -0.3 is 20.6 Å². The molecule has 1 saturated heterocycles. The number of amides is 3. The van der Waals surface area contributed by atoms with Gasteiger partial charge in [0.05, 0.1) is 11.8 Å². The summed E-state index contributed by atoms with van der Waals surface area (Å²) >= 11 is 0. The molecular formula is C25H43N3O4. The highest BCUT2D eigenvalue weighted by atomic mass is 16.3. The molecule has 1 aliphatic carbocycles. The van der Waals surface area contributed by atoms with Crippen LogP contribution in [0.4, 0.5) is 0 Å². The Balaban J connectivity index is 2.31. The first-order valence-electron chi connectivity index (χ1n) is 12.5. The van der Waals surface area contributed by atoms with Crippen LogP contribution in [0.15, 0.2) is 12.2 Å². The molecule has 1 heterocycles. The number of hydrogen-bond acceptors (Lipinski definition) is 4. The van der Waals surface area contributed by atoms with E-state index in [1.54, 1.807) is 11.9 Å². The third-order valence-electron chi connectivity index (χ3n) is 6.97. The number of carbonyl (C=O) groups is 3. The summed E-state index contributed by atoms with van der Waals surface area (Å²) in [6.07, 6.45) is 11.1. The minimum atomic E-state index is -0.573. The van der Waals surface area contributed by atoms with Crippen molar-refractivity contribution in [2.24, 2.45) is 23.7 Å². The molecule has 1 unspecified atom stereocenters. The fourth-order valence-electron chi connectivity index (χ4n) is 5.45. The second-order valence-corrected chi connectivity index (χ2v) is 9.39. The molecule has 3 amide bonds. The number of fused-ring (bicyclic) bond motifs is 1. The first kappa shape index (κ1) is 26.4. The summed E-state index contributed by atoms with van der Waals surface area (Å²) in [6.45, 7) is 6.84. The van der Waals surface area contributed by atoms with Crippen molar-refractivity contribution >= 4 is 17.7 Å². The summed E-state index contributed by atoms with van der Waals surface area (Å²) in [5.74, 6) is -1.51. The van der Waals surface area contributed by atoms with E-state index in [-0.39, 0.29) is 42.2 Å². The van der Waals surface area contributed by atoms with E-state index < -0.39 is 17.9 Å². The van der Waals surface area contributed by atoms with Crippen LogP contribution in [-0.2, 0) is 14.4 Å². The van der Waals surface area contributed by atoms with Crippen LogP contribution >= 0.6 is 0 Å². The zero-order valence-corrected chi connectivity index (χ0v) is 20.3. The topological polar surface area (TPSA) is 98.7 Å². The lowest BCUT2D eigenvalue weighted by Crippen LogP contribution is -2.49. The fraction of sp³-hybridized carbons (Fsp3) is 0.800. The van der Waals surface area contributed by atoms with E-state index in [1.807, 2.05) is 13.0 Å². The van der Waals surface area contributed by atoms with Crippen molar-refractivity contribution in [3.05, 3.63) is 12.2 Å². The molecule has 0 aromatic rings. The molecule has 7 heteroatoms. The number of unbranched alkanes of at least 4 members (excludes halogenated alkanes) is 3. The van der Waals surface area contributed by atoms with Crippen LogP contribution in [0.2, 0.25) is 0 Å². The molecule has 7 nitrogen and oxygen atoms in total. The minimum Gasteiger partial charge on any atom is -0.396 e. The van der Waals surface area contributed by atoms with Gasteiger partial charge in [0.2, 0.25) is 17.7 Å². The molecule has 3 N–H and O–H groups in total. The van der Waals surface area contributed by atoms with Gasteiger partial charge in [0.1, 0.15) is 6.04 Å². The highest BCUT2D eigenvalue weighted by Crippen LogP contribution is 2.45. The Morgan fingerprint density at radius 3 is 2.44 bits per heavy atom. The second-order valence-electron chi connectivity index (χ2n) is 9.39. The van der Waals surface area contributed by atoms with Gasteiger partial charge in [0, 0.05) is 32.2 Å². The number of allylic oxidation sites excluding steroid dienone is 1. The zero-order valence-electron chi connectivity index (χ0n) is 20.3. The Kier molecular flexibility index (Phi) is 10.7. The van der Waals surface area contributed by atoms with E-state index in [2.05, 4.69) is 30.6 Å². The van der Waals surface area contributed by atoms with E-state index in [1.165, 1.54) is 0 Å². The van der Waals surface area contributed by atoms with Gasteiger partial charge in [-0.2, -0.15) is 0 Å². The Morgan fingerprint density at radius 2 is 1.81 bits per heavy atom. The van der Waals surface area contributed by atoms with Crippen LogP contribution in [0.3, 0.4) is 0 Å². The lowest BCUT2D eigenvalue weighted by Gasteiger charge is -2.34. The predicted octanol–water partition coefficient (Wildman–Crippen LogP) is 2.64. The number of nitrogens with zero attached hydrogens (tertiary/aromatic N) is 1. The van der Waals surface area contributed by atoms with Crippen LogP contribution in [0.25, 0.3) is 0 Å². The quantitative estimate of drug-likeness (QED) is 0.297. The van der Waals surface area contributed by atoms with Crippen molar-refractivity contribution in [2.45, 2.75) is 84.2 Å². The molecule has 2 aliphatic rings. The monoisotopic (exact) mass is 449 g/mol. The Bertz CT molecular complexity index is 666. The maximum absolute atomic E-state index is 13.7. The van der Waals surface area contributed by atoms with Gasteiger partial charge in [-0.15, -0.1) is 0 Å². The first-order chi connectivity index (χ1) is 15.4. The SMILES string of the molecule is CCCC(C)NC(=O)[C@@H]1[C@H]2C=C[C@@H](CCC)[C@@H](C(=O)NC)[C@H]2C(=O)N1CCCCCCO. The summed E-state index contributed by atoms with van der Waals surface area (Å²) in [5.41, 5.74) is 0. The molecule has 6 atom stereocenters. The van der Waals surface area contributed by atoms with Gasteiger partial charge >= 0.3 is 0 Å². The van der Waals surface area contributed by atoms with Gasteiger partial charge in [0.25, 0.3) is 0 Å². The van der Waals surface area contributed by atoms with Gasteiger partial charge in [0.15, 0.2) is 0 Å². The molecule has 2 rings (SSSR count). The average Bonchev–Trinajstić information content (AvgIpc) is 3.05. The van der Waals surface area contributed by atoms with Crippen molar-refractivity contribution in [2.75, 3.05) is 20.2 Å². The molecule has 0 radical (unpaired) electrons. The van der Waals surface area contributed by atoms with Crippen molar-refractivity contribution in [1.82, 2.24) is 15.5 Å². The summed E-state index contributed by atoms with van der Waals surface area (Å²) in [6, 6.07) is -0.529. The number of likely N-dealkylation sites (tertiary alicyclic amines) is 1. The number of aliphatic hydroxyl groups is 1. The molecule has 0 bridgehead atoms. The average molecular weight is 450 g/mol. The van der Waals surface area contributed by atoms with Gasteiger partial charge in [-0.25, -0.2) is 0 Å². The van der Waals surface area contributed by atoms with Crippen LogP contribution in [0, 0.1) is 23.7 Å². The van der Waals surface area contributed by atoms with E-state index in [9.17, 15) is 14.4 Å². The van der Waals surface area contributed by atoms with E-state index in [0.29, 0.717) is 6.54 Å². The smallest absolute Gasteiger partial charge is 0.243 e. The lowest BCUT2D eigenvalue weighted by molar-refractivity contribution is -0.141. The number of aliphatic hydroxyl groups excluding tert-OH is 1. The number of nitrogens with one attached hydrogen (secondary N) is 2. The lowest BCUT2D eigenvalue weighted by atomic mass is 9.68. The maximum Gasteiger partial charge on any atom is 0.243 e. The number of hydrogen-bond donors (Lipinski definition) is 3. The van der Waals surface area contributed by atoms with Crippen molar-refractivity contribution in [1.29, 1.82) is 0 Å². The Hall–Kier alpha value is -1.89. The summed E-state index contributed by atoms with van der Waals surface area (Å²) in [5, 5.41) is 14.9.